The molecule has 10 aromatic carbocycles. The fourth-order valence-corrected chi connectivity index (χ4v) is 8.70. The molecule has 256 valence electrons. The Balaban J connectivity index is 1.18. The summed E-state index contributed by atoms with van der Waals surface area (Å²) in [5.41, 5.74) is 11.6. The molecule has 0 atom stereocenters. The van der Waals surface area contributed by atoms with Gasteiger partial charge in [-0.05, 0) is 101 Å². The van der Waals surface area contributed by atoms with Gasteiger partial charge >= 0.3 is 0 Å². The first-order chi connectivity index (χ1) is 27.3. The monoisotopic (exact) mass is 698 g/mol. The van der Waals surface area contributed by atoms with Gasteiger partial charge in [-0.1, -0.05) is 176 Å². The number of para-hydroxylation sites is 2. The van der Waals surface area contributed by atoms with Gasteiger partial charge in [-0.2, -0.15) is 0 Å². The lowest BCUT2D eigenvalue weighted by Crippen LogP contribution is -1.99. The number of aromatic nitrogens is 2. The largest absolute Gasteiger partial charge is 0.292 e. The van der Waals surface area contributed by atoms with Crippen molar-refractivity contribution in [2.45, 2.75) is 0 Å². The molecule has 0 N–H and O–H groups in total. The molecule has 0 radical (unpaired) electrons. The second kappa shape index (κ2) is 12.7. The highest BCUT2D eigenvalue weighted by Crippen LogP contribution is 2.46. The molecular formula is C53H34N2. The third-order valence-electron chi connectivity index (χ3n) is 11.2. The van der Waals surface area contributed by atoms with Crippen molar-refractivity contribution in [2.75, 3.05) is 0 Å². The van der Waals surface area contributed by atoms with Crippen LogP contribution in [0.4, 0.5) is 0 Å². The molecule has 0 saturated carbocycles. The van der Waals surface area contributed by atoms with Gasteiger partial charge in [0.25, 0.3) is 0 Å². The van der Waals surface area contributed by atoms with E-state index in [4.69, 9.17) is 4.98 Å². The maximum atomic E-state index is 5.16. The van der Waals surface area contributed by atoms with E-state index >= 15 is 0 Å². The summed E-state index contributed by atoms with van der Waals surface area (Å²) in [5, 5.41) is 9.87. The summed E-state index contributed by atoms with van der Waals surface area (Å²) in [5.74, 6) is 0.936. The van der Waals surface area contributed by atoms with Crippen LogP contribution in [-0.2, 0) is 0 Å². The second-order valence-electron chi connectivity index (χ2n) is 14.3. The maximum Gasteiger partial charge on any atom is 0.145 e. The van der Waals surface area contributed by atoms with Crippen molar-refractivity contribution in [1.29, 1.82) is 0 Å². The molecule has 11 rings (SSSR count). The minimum atomic E-state index is 0.936. The van der Waals surface area contributed by atoms with Crippen LogP contribution in [-0.4, -0.2) is 9.55 Å². The molecule has 0 saturated heterocycles. The maximum absolute atomic E-state index is 5.16. The number of hydrogen-bond donors (Lipinski definition) is 0. The Morgan fingerprint density at radius 2 is 0.909 bits per heavy atom. The number of hydrogen-bond acceptors (Lipinski definition) is 1. The molecule has 11 aromatic rings. The van der Waals surface area contributed by atoms with E-state index in [-0.39, 0.29) is 0 Å². The van der Waals surface area contributed by atoms with Crippen molar-refractivity contribution in [3.63, 3.8) is 0 Å². The van der Waals surface area contributed by atoms with Crippen LogP contribution >= 0.6 is 0 Å². The molecule has 0 amide bonds. The SMILES string of the molecule is c1ccc(-c2c3ccccc3c(-c3ccc4ccccc4c3)c3ccc(-c4ccc(-n5c(-c6ccccc6)nc6ccccc65)c5ccccc45)cc23)cc1. The van der Waals surface area contributed by atoms with Gasteiger partial charge in [0.05, 0.1) is 16.7 Å². The van der Waals surface area contributed by atoms with Gasteiger partial charge in [0.1, 0.15) is 5.82 Å². The third kappa shape index (κ3) is 5.07. The van der Waals surface area contributed by atoms with E-state index in [9.17, 15) is 0 Å². The molecule has 0 aliphatic carbocycles. The van der Waals surface area contributed by atoms with Crippen LogP contribution in [0.2, 0.25) is 0 Å². The highest BCUT2D eigenvalue weighted by Gasteiger charge is 2.20. The van der Waals surface area contributed by atoms with E-state index in [1.807, 2.05) is 0 Å². The number of imidazole rings is 1. The molecular weight excluding hydrogens is 665 g/mol. The molecule has 55 heavy (non-hydrogen) atoms. The van der Waals surface area contributed by atoms with Crippen molar-refractivity contribution >= 4 is 54.1 Å². The highest BCUT2D eigenvalue weighted by molar-refractivity contribution is 6.22. The van der Waals surface area contributed by atoms with Gasteiger partial charge in [-0.25, -0.2) is 4.98 Å². The average molecular weight is 699 g/mol. The van der Waals surface area contributed by atoms with E-state index in [0.29, 0.717) is 0 Å². The standard InChI is InChI=1S/C53H34N2/c1-3-16-36(17-4-1)51-44-23-11-12-24-45(44)52(40-28-27-35-15-7-8-20-38(35)33-40)46-30-29-39(34-47(46)51)41-31-32-49(43-22-10-9-21-42(41)43)55-50-26-14-13-25-48(50)54-53(55)37-18-5-2-6-19-37/h1-34H. The zero-order valence-corrected chi connectivity index (χ0v) is 30.0. The van der Waals surface area contributed by atoms with E-state index in [1.165, 1.54) is 76.5 Å². The topological polar surface area (TPSA) is 17.8 Å². The van der Waals surface area contributed by atoms with Crippen LogP contribution in [0.5, 0.6) is 0 Å². The molecule has 0 bridgehead atoms. The first kappa shape index (κ1) is 31.3. The van der Waals surface area contributed by atoms with Crippen molar-refractivity contribution in [2.24, 2.45) is 0 Å². The fraction of sp³-hybridized carbons (Fsp3) is 0. The Kier molecular flexibility index (Phi) is 7.21. The fourth-order valence-electron chi connectivity index (χ4n) is 8.70. The Bertz CT molecular complexity index is 3250. The Labute approximate surface area is 319 Å². The zero-order valence-electron chi connectivity index (χ0n) is 30.0. The molecule has 1 heterocycles. The summed E-state index contributed by atoms with van der Waals surface area (Å²) in [6, 6.07) is 74.8. The smallest absolute Gasteiger partial charge is 0.145 e. The van der Waals surface area contributed by atoms with Gasteiger partial charge in [-0.3, -0.25) is 4.57 Å². The lowest BCUT2D eigenvalue weighted by Gasteiger charge is -2.20. The van der Waals surface area contributed by atoms with Gasteiger partial charge in [-0.15, -0.1) is 0 Å². The lowest BCUT2D eigenvalue weighted by molar-refractivity contribution is 1.11. The highest BCUT2D eigenvalue weighted by atomic mass is 15.1. The predicted octanol–water partition coefficient (Wildman–Crippen LogP) is 14.3. The van der Waals surface area contributed by atoms with E-state index in [2.05, 4.69) is 211 Å². The van der Waals surface area contributed by atoms with Crippen LogP contribution in [0.3, 0.4) is 0 Å². The molecule has 0 spiro atoms. The van der Waals surface area contributed by atoms with Crippen LogP contribution in [0.15, 0.2) is 206 Å². The summed E-state index contributed by atoms with van der Waals surface area (Å²) < 4.78 is 2.33. The van der Waals surface area contributed by atoms with Crippen LogP contribution in [0, 0.1) is 0 Å². The molecule has 0 fully saturated rings. The van der Waals surface area contributed by atoms with Crippen molar-refractivity contribution in [3.8, 4) is 50.5 Å². The Morgan fingerprint density at radius 3 is 1.69 bits per heavy atom. The summed E-state index contributed by atoms with van der Waals surface area (Å²) in [4.78, 5) is 5.16. The minimum Gasteiger partial charge on any atom is -0.292 e. The average Bonchev–Trinajstić information content (AvgIpc) is 3.65. The zero-order chi connectivity index (χ0) is 36.3. The normalized spacial score (nSPS) is 11.6. The molecule has 1 aromatic heterocycles. The lowest BCUT2D eigenvalue weighted by atomic mass is 9.84. The summed E-state index contributed by atoms with van der Waals surface area (Å²) >= 11 is 0. The van der Waals surface area contributed by atoms with Gasteiger partial charge in [0.2, 0.25) is 0 Å². The van der Waals surface area contributed by atoms with Crippen molar-refractivity contribution in [3.05, 3.63) is 206 Å². The number of nitrogens with zero attached hydrogens (tertiary/aromatic N) is 2. The van der Waals surface area contributed by atoms with Gasteiger partial charge in [0.15, 0.2) is 0 Å². The van der Waals surface area contributed by atoms with Crippen LogP contribution in [0.1, 0.15) is 0 Å². The minimum absolute atomic E-state index is 0.936. The van der Waals surface area contributed by atoms with Crippen molar-refractivity contribution in [1.82, 2.24) is 9.55 Å². The molecule has 0 aliphatic heterocycles. The first-order valence-corrected chi connectivity index (χ1v) is 18.9. The van der Waals surface area contributed by atoms with Gasteiger partial charge in [0, 0.05) is 10.9 Å². The molecule has 2 heteroatoms. The summed E-state index contributed by atoms with van der Waals surface area (Å²) in [7, 11) is 0. The van der Waals surface area contributed by atoms with E-state index < -0.39 is 0 Å². The van der Waals surface area contributed by atoms with Crippen LogP contribution < -0.4 is 0 Å². The van der Waals surface area contributed by atoms with Gasteiger partial charge < -0.3 is 0 Å². The van der Waals surface area contributed by atoms with Crippen molar-refractivity contribution < 1.29 is 0 Å². The number of benzene rings is 10. The third-order valence-corrected chi connectivity index (χ3v) is 11.2. The molecule has 0 aliphatic rings. The van der Waals surface area contributed by atoms with E-state index in [1.54, 1.807) is 0 Å². The molecule has 0 unspecified atom stereocenters. The number of fused-ring (bicyclic) bond motifs is 5. The number of rotatable bonds is 5. The van der Waals surface area contributed by atoms with E-state index in [0.717, 1.165) is 28.1 Å². The second-order valence-corrected chi connectivity index (χ2v) is 14.3. The Hall–Kier alpha value is -7.29. The summed E-state index contributed by atoms with van der Waals surface area (Å²) in [6.45, 7) is 0. The predicted molar refractivity (Wildman–Crippen MR) is 233 cm³/mol. The first-order valence-electron chi connectivity index (χ1n) is 18.9. The Morgan fingerprint density at radius 1 is 0.327 bits per heavy atom. The van der Waals surface area contributed by atoms with Crippen LogP contribution in [0.25, 0.3) is 105 Å². The summed E-state index contributed by atoms with van der Waals surface area (Å²) in [6.07, 6.45) is 0. The molecule has 2 nitrogen and oxygen atoms in total. The quantitative estimate of drug-likeness (QED) is 0.164.